The van der Waals surface area contributed by atoms with Crippen LogP contribution in [-0.2, 0) is 21.5 Å². The van der Waals surface area contributed by atoms with Crippen LogP contribution < -0.4 is 9.29 Å². The third-order valence-electron chi connectivity index (χ3n) is 5.02. The minimum Gasteiger partial charge on any atom is -0.468 e. The Labute approximate surface area is 147 Å². The summed E-state index contributed by atoms with van der Waals surface area (Å²) in [6.07, 6.45) is 3.56. The second kappa shape index (κ2) is 5.72. The zero-order valence-corrected chi connectivity index (χ0v) is 14.8. The summed E-state index contributed by atoms with van der Waals surface area (Å²) in [4.78, 5) is 12.0. The Morgan fingerprint density at radius 2 is 1.96 bits per heavy atom. The monoisotopic (exact) mass is 361 g/mol. The van der Waals surface area contributed by atoms with Gasteiger partial charge in [0.05, 0.1) is 24.3 Å². The van der Waals surface area contributed by atoms with E-state index in [0.717, 1.165) is 29.5 Å². The number of hydrogen-bond acceptors (Lipinski definition) is 5. The Morgan fingerprint density at radius 1 is 1.24 bits per heavy atom. The number of methoxy groups -OCH3 is 1. The van der Waals surface area contributed by atoms with Crippen molar-refractivity contribution in [2.24, 2.45) is 0 Å². The second-order valence-electron chi connectivity index (χ2n) is 6.59. The van der Waals surface area contributed by atoms with Gasteiger partial charge in [-0.2, -0.15) is 4.72 Å². The van der Waals surface area contributed by atoms with Gasteiger partial charge in [0.15, 0.2) is 0 Å². The number of aryl methyl sites for hydroxylation is 1. The topological polar surface area (TPSA) is 82.7 Å². The predicted octanol–water partition coefficient (Wildman–Crippen LogP) is 2.94. The van der Waals surface area contributed by atoms with Gasteiger partial charge in [-0.25, -0.2) is 4.57 Å². The molecule has 0 saturated heterocycles. The summed E-state index contributed by atoms with van der Waals surface area (Å²) in [6.45, 7) is 0.558. The summed E-state index contributed by atoms with van der Waals surface area (Å²) in [6, 6.07) is 11.8. The first kappa shape index (κ1) is 16.4. The van der Waals surface area contributed by atoms with E-state index in [1.54, 1.807) is 0 Å². The van der Waals surface area contributed by atoms with Crippen LogP contribution in [0.5, 0.6) is 0 Å². The molecular weight excluding hydrogens is 340 g/mol. The van der Waals surface area contributed by atoms with Gasteiger partial charge in [-0.3, -0.25) is 13.9 Å². The maximum Gasteiger partial charge on any atom is 0.316 e. The van der Waals surface area contributed by atoms with E-state index in [-0.39, 0.29) is 5.97 Å². The number of nitrogens with one attached hydrogen (secondary N) is 1. The van der Waals surface area contributed by atoms with Gasteiger partial charge in [-0.15, -0.1) is 0 Å². The van der Waals surface area contributed by atoms with E-state index in [0.29, 0.717) is 18.1 Å². The lowest BCUT2D eigenvalue weighted by Crippen LogP contribution is -2.45. The summed E-state index contributed by atoms with van der Waals surface area (Å²) < 4.78 is 29.8. The Bertz CT molecular complexity index is 831. The van der Waals surface area contributed by atoms with Crippen LogP contribution in [0.2, 0.25) is 0 Å². The number of ether oxygens (including phenoxy) is 1. The van der Waals surface area contributed by atoms with Gasteiger partial charge in [0.25, 0.3) is 0 Å². The number of anilines is 1. The van der Waals surface area contributed by atoms with E-state index in [2.05, 4.69) is 4.72 Å². The number of carbonyl (C=O) groups is 1. The van der Waals surface area contributed by atoms with Crippen molar-refractivity contribution in [1.29, 1.82) is 0 Å². The highest BCUT2D eigenvalue weighted by atomic mass is 32.3. The number of pyridine rings is 1. The molecule has 1 saturated carbocycles. The summed E-state index contributed by atoms with van der Waals surface area (Å²) in [7, 11) is -1.37. The van der Waals surface area contributed by atoms with Gasteiger partial charge < -0.3 is 4.74 Å². The van der Waals surface area contributed by atoms with Crippen LogP contribution in [0.4, 0.5) is 5.82 Å². The summed E-state index contributed by atoms with van der Waals surface area (Å²) >= 11 is 0. The van der Waals surface area contributed by atoms with Crippen molar-refractivity contribution in [3.8, 4) is 11.1 Å². The maximum absolute atomic E-state index is 12.0. The van der Waals surface area contributed by atoms with Crippen molar-refractivity contribution in [2.75, 3.05) is 17.6 Å². The van der Waals surface area contributed by atoms with Crippen molar-refractivity contribution in [1.82, 2.24) is 0 Å². The maximum atomic E-state index is 12.0. The second-order valence-corrected chi connectivity index (χ2v) is 8.53. The molecule has 1 aromatic carbocycles. The molecule has 1 aliphatic heterocycles. The minimum atomic E-state index is -2.79. The average molecular weight is 361 g/mol. The molecule has 3 N–H and O–H groups in total. The first-order valence-electron chi connectivity index (χ1n) is 8.21. The highest BCUT2D eigenvalue weighted by Gasteiger charge is 2.52. The fourth-order valence-electron chi connectivity index (χ4n) is 3.42. The van der Waals surface area contributed by atoms with Gasteiger partial charge in [-0.1, -0.05) is 35.0 Å². The zero-order valence-electron chi connectivity index (χ0n) is 13.9. The van der Waals surface area contributed by atoms with Crippen LogP contribution in [-0.4, -0.2) is 27.9 Å². The number of nitrogens with zero attached hydrogens (tertiary/aromatic N) is 1. The number of fused-ring (bicyclic) bond motifs is 1. The van der Waals surface area contributed by atoms with Crippen molar-refractivity contribution in [2.45, 2.75) is 24.8 Å². The molecule has 2 aromatic rings. The molecule has 132 valence electrons. The average Bonchev–Trinajstić information content (AvgIpc) is 3.42. The molecule has 6 nitrogen and oxygen atoms in total. The molecule has 1 aromatic heterocycles. The van der Waals surface area contributed by atoms with Crippen LogP contribution in [0, 0.1) is 0 Å². The van der Waals surface area contributed by atoms with Crippen molar-refractivity contribution >= 4 is 22.6 Å². The van der Waals surface area contributed by atoms with E-state index in [1.165, 1.54) is 7.11 Å². The fraction of sp³-hybridized carbons (Fsp3) is 0.333. The minimum absolute atomic E-state index is 0.177. The molecule has 0 amide bonds. The predicted molar refractivity (Wildman–Crippen MR) is 96.3 cm³/mol. The van der Waals surface area contributed by atoms with E-state index in [1.807, 2.05) is 47.2 Å². The molecule has 0 bridgehead atoms. The molecule has 2 heterocycles. The normalized spacial score (nSPS) is 20.8. The van der Waals surface area contributed by atoms with Gasteiger partial charge in [0.2, 0.25) is 0 Å². The molecule has 0 atom stereocenters. The number of aromatic nitrogens is 1. The van der Waals surface area contributed by atoms with Crippen LogP contribution in [0.15, 0.2) is 42.6 Å². The molecular formula is C18H21N2O4S+. The van der Waals surface area contributed by atoms with Gasteiger partial charge in [0, 0.05) is 0 Å². The van der Waals surface area contributed by atoms with Crippen molar-refractivity contribution < 1.29 is 23.2 Å². The smallest absolute Gasteiger partial charge is 0.316 e. The van der Waals surface area contributed by atoms with Gasteiger partial charge in [0.1, 0.15) is 12.3 Å². The molecule has 25 heavy (non-hydrogen) atoms. The molecule has 0 radical (unpaired) electrons. The summed E-state index contributed by atoms with van der Waals surface area (Å²) in [5, 5.41) is 0. The first-order valence-corrected chi connectivity index (χ1v) is 9.92. The van der Waals surface area contributed by atoms with Crippen molar-refractivity contribution in [3.05, 3.63) is 48.2 Å². The number of hydrogen-bond donors (Lipinski definition) is 3. The molecule has 0 spiro atoms. The van der Waals surface area contributed by atoms with Gasteiger partial charge in [-0.05, 0) is 36.1 Å². The third kappa shape index (κ3) is 2.78. The molecule has 1 fully saturated rings. The van der Waals surface area contributed by atoms with E-state index in [4.69, 9.17) is 4.74 Å². The lowest BCUT2D eigenvalue weighted by Gasteiger charge is -2.32. The Morgan fingerprint density at radius 3 is 2.60 bits per heavy atom. The SMILES string of the molecule is COC(=O)C1(c2ccc(-c3ccc[n+]4c3NS(O)(O)CC4)cc2)CC1. The van der Waals surface area contributed by atoms with Crippen LogP contribution in [0.3, 0.4) is 0 Å². The lowest BCUT2D eigenvalue weighted by molar-refractivity contribution is -0.679. The van der Waals surface area contributed by atoms with Crippen LogP contribution >= 0.6 is 10.8 Å². The van der Waals surface area contributed by atoms with E-state index >= 15 is 0 Å². The van der Waals surface area contributed by atoms with Crippen LogP contribution in [0.1, 0.15) is 18.4 Å². The Balaban J connectivity index is 1.69. The highest BCUT2D eigenvalue weighted by molar-refractivity contribution is 8.25. The lowest BCUT2D eigenvalue weighted by atomic mass is 9.94. The number of carbonyl (C=O) groups excluding carboxylic acids is 1. The molecule has 1 aliphatic carbocycles. The van der Waals surface area contributed by atoms with Gasteiger partial charge >= 0.3 is 11.8 Å². The largest absolute Gasteiger partial charge is 0.468 e. The third-order valence-corrected chi connectivity index (χ3v) is 6.29. The van der Waals surface area contributed by atoms with Crippen LogP contribution in [0.25, 0.3) is 11.1 Å². The molecule has 0 unspecified atom stereocenters. The zero-order chi connectivity index (χ0) is 17.7. The number of esters is 1. The standard InChI is InChI=1S/C18H20N2O4S/c1-24-17(21)18(8-9-18)14-6-4-13(5-7-14)15-3-2-10-20-11-12-25(22,23)19-16(15)20/h2-7,10,22-23H,8-9,11-12H2,1H3/p+1. The number of rotatable bonds is 3. The molecule has 4 rings (SSSR count). The molecule has 7 heteroatoms. The van der Waals surface area contributed by atoms with Crippen molar-refractivity contribution in [3.63, 3.8) is 0 Å². The Hall–Kier alpha value is -2.09. The Kier molecular flexibility index (Phi) is 3.75. The quantitative estimate of drug-likeness (QED) is 0.578. The van der Waals surface area contributed by atoms with E-state index in [9.17, 15) is 13.9 Å². The van der Waals surface area contributed by atoms with E-state index < -0.39 is 16.2 Å². The summed E-state index contributed by atoms with van der Waals surface area (Å²) in [5.41, 5.74) is 2.35. The first-order chi connectivity index (χ1) is 12.0. The summed E-state index contributed by atoms with van der Waals surface area (Å²) in [5.74, 6) is 0.827. The highest BCUT2D eigenvalue weighted by Crippen LogP contribution is 2.49. The molecule has 2 aliphatic rings. The number of benzene rings is 1. The fourth-order valence-corrected chi connectivity index (χ4v) is 4.51.